The van der Waals surface area contributed by atoms with E-state index in [4.69, 9.17) is 61.6 Å². The molecular weight excluding hydrogens is 945 g/mol. The highest BCUT2D eigenvalue weighted by Crippen LogP contribution is 2.42. The zero-order chi connectivity index (χ0) is 54.5. The lowest BCUT2D eigenvalue weighted by atomic mass is 9.74. The molecule has 4 saturated heterocycles. The molecule has 2 N–H and O–H groups in total. The van der Waals surface area contributed by atoms with Crippen molar-refractivity contribution in [3.8, 4) is 0 Å². The lowest BCUT2D eigenvalue weighted by Gasteiger charge is -2.48. The third-order valence-corrected chi connectivity index (χ3v) is 15.8. The van der Waals surface area contributed by atoms with Crippen LogP contribution in [0.15, 0.2) is 0 Å². The van der Waals surface area contributed by atoms with Gasteiger partial charge in [-0.25, -0.2) is 0 Å². The van der Waals surface area contributed by atoms with Gasteiger partial charge in [0.15, 0.2) is 36.9 Å². The Hall–Kier alpha value is -2.89. The molecule has 24 atom stereocenters. The maximum Gasteiger partial charge on any atom is 0.311 e. The Morgan fingerprint density at radius 1 is 0.667 bits per heavy atom. The van der Waals surface area contributed by atoms with Crippen molar-refractivity contribution in [2.24, 2.45) is 35.5 Å². The molecule has 20 heteroatoms. The van der Waals surface area contributed by atoms with Crippen molar-refractivity contribution in [2.45, 2.75) is 245 Å². The van der Waals surface area contributed by atoms with Crippen LogP contribution in [-0.2, 0) is 85.6 Å². The molecule has 4 fully saturated rings. The molecule has 20 nitrogen and oxygen atoms in total. The van der Waals surface area contributed by atoms with Crippen LogP contribution in [0.1, 0.15) is 136 Å². The summed E-state index contributed by atoms with van der Waals surface area (Å²) in [6.45, 7) is 26.2. The lowest BCUT2D eigenvalue weighted by Crippen LogP contribution is -2.59. The molecule has 0 aromatic heterocycles. The number of ketones is 1. The topological polar surface area (TPSA) is 246 Å². The van der Waals surface area contributed by atoms with Gasteiger partial charge in [0.05, 0.1) is 54.6 Å². The first kappa shape index (κ1) is 61.7. The number of aliphatic hydroxyl groups is 2. The molecule has 0 bridgehead atoms. The molecule has 0 aliphatic carbocycles. The molecule has 0 spiro atoms. The predicted molar refractivity (Wildman–Crippen MR) is 257 cm³/mol. The number of ether oxygens (including phenoxy) is 13. The third-order valence-electron chi connectivity index (χ3n) is 15.8. The summed E-state index contributed by atoms with van der Waals surface area (Å²) in [4.78, 5) is 67.3. The molecule has 4 rings (SSSR count). The normalized spacial score (nSPS) is 44.7. The number of rotatable bonds is 14. The van der Waals surface area contributed by atoms with Crippen LogP contribution in [0.4, 0.5) is 0 Å². The fourth-order valence-corrected chi connectivity index (χ4v) is 11.5. The van der Waals surface area contributed by atoms with Crippen molar-refractivity contribution in [1.82, 2.24) is 0 Å². The van der Waals surface area contributed by atoms with Crippen molar-refractivity contribution in [1.29, 1.82) is 0 Å². The Kier molecular flexibility index (Phi) is 21.7. The third kappa shape index (κ3) is 14.5. The highest BCUT2D eigenvalue weighted by atomic mass is 16.7. The Balaban J connectivity index is 1.87. The Bertz CT molecular complexity index is 1830. The van der Waals surface area contributed by atoms with Crippen molar-refractivity contribution in [2.75, 3.05) is 21.3 Å². The van der Waals surface area contributed by atoms with E-state index in [9.17, 15) is 29.4 Å². The summed E-state index contributed by atoms with van der Waals surface area (Å²) in [6.07, 6.45) is -13.2. The summed E-state index contributed by atoms with van der Waals surface area (Å²) in [5.41, 5.74) is -4.15. The summed E-state index contributed by atoms with van der Waals surface area (Å²) >= 11 is 0. The van der Waals surface area contributed by atoms with E-state index >= 15 is 4.79 Å². The van der Waals surface area contributed by atoms with E-state index in [2.05, 4.69) is 0 Å². The number of carbonyl (C=O) groups is 5. The van der Waals surface area contributed by atoms with Crippen molar-refractivity contribution >= 4 is 29.7 Å². The minimum Gasteiger partial charge on any atom is -0.461 e. The minimum atomic E-state index is -2.05. The van der Waals surface area contributed by atoms with Crippen LogP contribution < -0.4 is 0 Å². The zero-order valence-electron chi connectivity index (χ0n) is 46.2. The number of Topliss-reactive ketones (excluding diaryl/α,β-unsaturated/α-hetero) is 1. The summed E-state index contributed by atoms with van der Waals surface area (Å²) in [6, 6.07) is 0. The van der Waals surface area contributed by atoms with Crippen LogP contribution in [0.3, 0.4) is 0 Å². The van der Waals surface area contributed by atoms with Gasteiger partial charge in [-0.3, -0.25) is 24.0 Å². The van der Waals surface area contributed by atoms with Crippen LogP contribution in [0.2, 0.25) is 0 Å². The number of aliphatic hydroxyl groups excluding tert-OH is 1. The van der Waals surface area contributed by atoms with Gasteiger partial charge in [-0.15, -0.1) is 0 Å². The highest BCUT2D eigenvalue weighted by molar-refractivity contribution is 5.89. The fraction of sp³-hybridized carbons (Fsp3) is 0.904. The molecule has 4 aliphatic rings. The molecule has 72 heavy (non-hydrogen) atoms. The summed E-state index contributed by atoms with van der Waals surface area (Å²) < 4.78 is 80.6. The fourth-order valence-electron chi connectivity index (χ4n) is 11.5. The average molecular weight is 1030 g/mol. The molecule has 0 saturated carbocycles. The van der Waals surface area contributed by atoms with Gasteiger partial charge in [-0.05, 0) is 67.7 Å². The van der Waals surface area contributed by atoms with Crippen LogP contribution in [0.25, 0.3) is 0 Å². The van der Waals surface area contributed by atoms with Crippen LogP contribution in [0.5, 0.6) is 0 Å². The van der Waals surface area contributed by atoms with Crippen molar-refractivity contribution in [3.05, 3.63) is 0 Å². The van der Waals surface area contributed by atoms with Crippen molar-refractivity contribution < 1.29 is 95.8 Å². The zero-order valence-corrected chi connectivity index (χ0v) is 46.2. The smallest absolute Gasteiger partial charge is 0.311 e. The average Bonchev–Trinajstić information content (AvgIpc) is 3.29. The van der Waals surface area contributed by atoms with E-state index in [0.29, 0.717) is 6.42 Å². The standard InChI is InChI=1S/C52H88O20/c1-24-21-50(14,59)45(57)29(6)43(67-34(11)53)28(5)42(26(3)31(8)64-38-22-51(15,61-18)46(32(9)65-38)68-35(12)54)71-48(58)30(7)44(27(4)41(24)72-49-40(56)37(60-17)20-25(2)63-49)70-39-23-52(16,62-19)47(33(10)66-39)69-36(13)55/h24-33,37-44,46-47,49,56,59H,20-23H2,1-19H3/t24-,25?,26-,27+,28-,29+,30+,31?,32?,33?,37?,38?,39?,40?,41-,42+,43-,44-,46?,47?,49?,50-,51?,52?/m0/s1. The predicted octanol–water partition coefficient (Wildman–Crippen LogP) is 5.00. The van der Waals surface area contributed by atoms with Gasteiger partial charge in [0.25, 0.3) is 0 Å². The number of esters is 4. The van der Waals surface area contributed by atoms with Crippen LogP contribution in [-0.4, -0.2) is 170 Å². The molecule has 13 unspecified atom stereocenters. The monoisotopic (exact) mass is 1030 g/mol. The minimum absolute atomic E-state index is 0.0532. The van der Waals surface area contributed by atoms with E-state index in [1.54, 1.807) is 76.2 Å². The summed E-state index contributed by atoms with van der Waals surface area (Å²) in [7, 11) is 4.49. The summed E-state index contributed by atoms with van der Waals surface area (Å²) in [5.74, 6) is -8.42. The molecule has 4 aliphatic heterocycles. The van der Waals surface area contributed by atoms with Crippen LogP contribution >= 0.6 is 0 Å². The number of hydrogen-bond acceptors (Lipinski definition) is 20. The first-order valence-corrected chi connectivity index (χ1v) is 25.6. The first-order valence-electron chi connectivity index (χ1n) is 25.6. The van der Waals surface area contributed by atoms with E-state index in [1.807, 2.05) is 6.92 Å². The first-order chi connectivity index (χ1) is 33.3. The number of methoxy groups -OCH3 is 3. The number of carbonyl (C=O) groups excluding carboxylic acids is 5. The number of cyclic esters (lactones) is 1. The summed E-state index contributed by atoms with van der Waals surface area (Å²) in [5, 5.41) is 23.9. The largest absolute Gasteiger partial charge is 0.461 e. The molecular formula is C52H88O20. The Labute approximate surface area is 426 Å². The van der Waals surface area contributed by atoms with Crippen molar-refractivity contribution in [3.63, 3.8) is 0 Å². The second-order valence-electron chi connectivity index (χ2n) is 21.9. The van der Waals surface area contributed by atoms with Gasteiger partial charge < -0.3 is 71.8 Å². The molecule has 0 aromatic carbocycles. The molecule has 416 valence electrons. The molecule has 0 aromatic rings. The SMILES string of the molecule is COC1CC(C)OC(O[C@@H]2[C@@H](C)[C@H](OC3CC(C)(OC)C(OC(C)=O)C(C)O3)[C@@H](C)C(=O)O[C@H]([C@@H](C)C(C)OC3CC(C)(OC)C(OC(C)=O)C(C)O3)[C@H](C)[C@H](OC(C)=O)[C@@H](C)C(=O)[C@@](C)(O)C[C@@H]2C)C1O. The molecule has 0 radical (unpaired) electrons. The van der Waals surface area contributed by atoms with Gasteiger partial charge in [0.1, 0.15) is 35.1 Å². The van der Waals surface area contributed by atoms with Crippen LogP contribution in [0, 0.1) is 35.5 Å². The van der Waals surface area contributed by atoms with E-state index in [-0.39, 0.29) is 19.3 Å². The maximum absolute atomic E-state index is 15.2. The number of hydrogen-bond donors (Lipinski definition) is 2. The molecule has 0 amide bonds. The Morgan fingerprint density at radius 2 is 1.18 bits per heavy atom. The van der Waals surface area contributed by atoms with Gasteiger partial charge in [0.2, 0.25) is 0 Å². The quantitative estimate of drug-likeness (QED) is 0.172. The van der Waals surface area contributed by atoms with Gasteiger partial charge in [0, 0.05) is 79.1 Å². The van der Waals surface area contributed by atoms with E-state index < -0.39 is 174 Å². The highest BCUT2D eigenvalue weighted by Gasteiger charge is 2.54. The second kappa shape index (κ2) is 25.3. The van der Waals surface area contributed by atoms with E-state index in [0.717, 1.165) is 0 Å². The Morgan fingerprint density at radius 3 is 1.68 bits per heavy atom. The maximum atomic E-state index is 15.2. The second-order valence-corrected chi connectivity index (χ2v) is 21.9. The van der Waals surface area contributed by atoms with E-state index in [1.165, 1.54) is 49.0 Å². The molecule has 4 heterocycles. The lowest BCUT2D eigenvalue weighted by molar-refractivity contribution is -0.313. The van der Waals surface area contributed by atoms with Gasteiger partial charge in [-0.1, -0.05) is 34.6 Å². The van der Waals surface area contributed by atoms with Gasteiger partial charge >= 0.3 is 23.9 Å². The van der Waals surface area contributed by atoms with Gasteiger partial charge in [-0.2, -0.15) is 0 Å².